The van der Waals surface area contributed by atoms with Crippen LogP contribution in [0.5, 0.6) is 5.75 Å². The lowest BCUT2D eigenvalue weighted by molar-refractivity contribution is 0.0784. The number of anilines is 1. The zero-order valence-corrected chi connectivity index (χ0v) is 15.4. The first kappa shape index (κ1) is 18.1. The molecule has 136 valence electrons. The van der Waals surface area contributed by atoms with Crippen molar-refractivity contribution in [2.75, 3.05) is 32.1 Å². The van der Waals surface area contributed by atoms with E-state index >= 15 is 0 Å². The van der Waals surface area contributed by atoms with Crippen LogP contribution in [-0.2, 0) is 6.54 Å². The van der Waals surface area contributed by atoms with Gasteiger partial charge < -0.3 is 15.0 Å². The number of benzene rings is 2. The van der Waals surface area contributed by atoms with Crippen LogP contribution in [0.3, 0.4) is 0 Å². The van der Waals surface area contributed by atoms with Crippen LogP contribution < -0.4 is 15.0 Å². The standard InChI is InChI=1S/C19H20ClN3O3/c1-22(12-14-11-15(20)5-8-17(14)26-2)18(24)13-3-6-16(7-4-13)23-10-9-21-19(23)25/h3-8,11H,9-10,12H2,1-2H3,(H,21,25). The second-order valence-electron chi connectivity index (χ2n) is 6.05. The molecule has 1 aliphatic heterocycles. The van der Waals surface area contributed by atoms with Gasteiger partial charge >= 0.3 is 6.03 Å². The first-order chi connectivity index (χ1) is 12.5. The number of halogens is 1. The Bertz CT molecular complexity index is 823. The third-order valence-electron chi connectivity index (χ3n) is 4.28. The molecular formula is C19H20ClN3O3. The molecule has 0 atom stereocenters. The van der Waals surface area contributed by atoms with Gasteiger partial charge in [0.25, 0.3) is 5.91 Å². The van der Waals surface area contributed by atoms with Gasteiger partial charge in [-0.2, -0.15) is 0 Å². The number of rotatable bonds is 5. The first-order valence-electron chi connectivity index (χ1n) is 8.23. The molecule has 0 bridgehead atoms. The first-order valence-corrected chi connectivity index (χ1v) is 8.60. The van der Waals surface area contributed by atoms with Crippen molar-refractivity contribution in [3.63, 3.8) is 0 Å². The summed E-state index contributed by atoms with van der Waals surface area (Å²) in [5, 5.41) is 3.35. The minimum atomic E-state index is -0.121. The van der Waals surface area contributed by atoms with Crippen molar-refractivity contribution in [3.05, 3.63) is 58.6 Å². The molecule has 0 unspecified atom stereocenters. The van der Waals surface area contributed by atoms with E-state index in [1.165, 1.54) is 0 Å². The highest BCUT2D eigenvalue weighted by atomic mass is 35.5. The van der Waals surface area contributed by atoms with E-state index in [-0.39, 0.29) is 11.9 Å². The molecule has 26 heavy (non-hydrogen) atoms. The van der Waals surface area contributed by atoms with E-state index in [2.05, 4.69) is 5.32 Å². The van der Waals surface area contributed by atoms with Crippen molar-refractivity contribution in [2.45, 2.75) is 6.54 Å². The minimum absolute atomic E-state index is 0.116. The van der Waals surface area contributed by atoms with Crippen molar-refractivity contribution < 1.29 is 14.3 Å². The lowest BCUT2D eigenvalue weighted by Crippen LogP contribution is -2.28. The Morgan fingerprint density at radius 2 is 2.00 bits per heavy atom. The Morgan fingerprint density at radius 1 is 1.27 bits per heavy atom. The summed E-state index contributed by atoms with van der Waals surface area (Å²) in [6.45, 7) is 1.63. The SMILES string of the molecule is COc1ccc(Cl)cc1CN(C)C(=O)c1ccc(N2CCNC2=O)cc1. The fourth-order valence-corrected chi connectivity index (χ4v) is 3.12. The number of nitrogens with one attached hydrogen (secondary N) is 1. The van der Waals surface area contributed by atoms with Crippen molar-refractivity contribution in [2.24, 2.45) is 0 Å². The number of carbonyl (C=O) groups is 2. The molecule has 1 saturated heterocycles. The third kappa shape index (κ3) is 3.75. The van der Waals surface area contributed by atoms with Gasteiger partial charge in [-0.15, -0.1) is 0 Å². The van der Waals surface area contributed by atoms with Crippen molar-refractivity contribution in [1.82, 2.24) is 10.2 Å². The van der Waals surface area contributed by atoms with Crippen molar-refractivity contribution in [1.29, 1.82) is 0 Å². The molecule has 7 heteroatoms. The van der Waals surface area contributed by atoms with E-state index in [1.54, 1.807) is 66.4 Å². The highest BCUT2D eigenvalue weighted by Crippen LogP contribution is 2.24. The van der Waals surface area contributed by atoms with E-state index in [4.69, 9.17) is 16.3 Å². The molecular weight excluding hydrogens is 354 g/mol. The average Bonchev–Trinajstić information content (AvgIpc) is 3.07. The second kappa shape index (κ2) is 7.66. The third-order valence-corrected chi connectivity index (χ3v) is 4.51. The van der Waals surface area contributed by atoms with Crippen molar-refractivity contribution in [3.8, 4) is 5.75 Å². The monoisotopic (exact) mass is 373 g/mol. The molecule has 1 N–H and O–H groups in total. The number of carbonyl (C=O) groups excluding carboxylic acids is 2. The molecule has 3 rings (SSSR count). The predicted octanol–water partition coefficient (Wildman–Crippen LogP) is 3.15. The van der Waals surface area contributed by atoms with Gasteiger partial charge in [0.1, 0.15) is 5.75 Å². The largest absolute Gasteiger partial charge is 0.496 e. The van der Waals surface area contributed by atoms with Gasteiger partial charge in [-0.25, -0.2) is 4.79 Å². The van der Waals surface area contributed by atoms with Crippen molar-refractivity contribution >= 4 is 29.2 Å². The highest BCUT2D eigenvalue weighted by Gasteiger charge is 2.21. The maximum Gasteiger partial charge on any atom is 0.321 e. The van der Waals surface area contributed by atoms with Gasteiger partial charge in [0, 0.05) is 48.5 Å². The summed E-state index contributed by atoms with van der Waals surface area (Å²) < 4.78 is 5.33. The number of hydrogen-bond donors (Lipinski definition) is 1. The lowest BCUT2D eigenvalue weighted by Gasteiger charge is -2.20. The Morgan fingerprint density at radius 3 is 2.62 bits per heavy atom. The Balaban J connectivity index is 1.72. The summed E-state index contributed by atoms with van der Waals surface area (Å²) in [5.41, 5.74) is 2.16. The summed E-state index contributed by atoms with van der Waals surface area (Å²) in [4.78, 5) is 27.7. The highest BCUT2D eigenvalue weighted by molar-refractivity contribution is 6.30. The summed E-state index contributed by atoms with van der Waals surface area (Å²) in [6.07, 6.45) is 0. The number of hydrogen-bond acceptors (Lipinski definition) is 3. The van der Waals surface area contributed by atoms with E-state index in [0.29, 0.717) is 36.0 Å². The van der Waals surface area contributed by atoms with E-state index < -0.39 is 0 Å². The van der Waals surface area contributed by atoms with Crippen LogP contribution in [0.2, 0.25) is 5.02 Å². The molecule has 0 aromatic heterocycles. The zero-order valence-electron chi connectivity index (χ0n) is 14.7. The Kier molecular flexibility index (Phi) is 5.32. The predicted molar refractivity (Wildman–Crippen MR) is 101 cm³/mol. The number of methoxy groups -OCH3 is 1. The molecule has 6 nitrogen and oxygen atoms in total. The Labute approximate surface area is 157 Å². The molecule has 2 aromatic rings. The minimum Gasteiger partial charge on any atom is -0.496 e. The smallest absolute Gasteiger partial charge is 0.321 e. The number of ether oxygens (including phenoxy) is 1. The number of nitrogens with zero attached hydrogens (tertiary/aromatic N) is 2. The van der Waals surface area contributed by atoms with Crippen LogP contribution >= 0.6 is 11.6 Å². The summed E-state index contributed by atoms with van der Waals surface area (Å²) in [5.74, 6) is 0.564. The van der Waals surface area contributed by atoms with Crippen LogP contribution in [0.25, 0.3) is 0 Å². The molecule has 1 aliphatic rings. The molecule has 3 amide bonds. The van der Waals surface area contributed by atoms with Crippen LogP contribution in [0.15, 0.2) is 42.5 Å². The molecule has 0 spiro atoms. The maximum atomic E-state index is 12.7. The van der Waals surface area contributed by atoms with E-state index in [9.17, 15) is 9.59 Å². The van der Waals surface area contributed by atoms with Gasteiger partial charge in [-0.3, -0.25) is 9.69 Å². The lowest BCUT2D eigenvalue weighted by atomic mass is 10.1. The normalized spacial score (nSPS) is 13.5. The van der Waals surface area contributed by atoms with E-state index in [0.717, 1.165) is 11.3 Å². The van der Waals surface area contributed by atoms with Crippen LogP contribution in [0, 0.1) is 0 Å². The Hall–Kier alpha value is -2.73. The topological polar surface area (TPSA) is 61.9 Å². The molecule has 1 fully saturated rings. The molecule has 0 saturated carbocycles. The average molecular weight is 374 g/mol. The van der Waals surface area contributed by atoms with Gasteiger partial charge in [0.2, 0.25) is 0 Å². The molecule has 0 radical (unpaired) electrons. The summed E-state index contributed by atoms with van der Waals surface area (Å²) >= 11 is 6.05. The summed E-state index contributed by atoms with van der Waals surface area (Å²) in [7, 11) is 3.31. The number of urea groups is 1. The molecule has 0 aliphatic carbocycles. The van der Waals surface area contributed by atoms with Gasteiger partial charge in [-0.1, -0.05) is 11.6 Å². The number of amides is 3. The summed E-state index contributed by atoms with van der Waals surface area (Å²) in [6, 6.07) is 12.2. The van der Waals surface area contributed by atoms with E-state index in [1.807, 2.05) is 0 Å². The molecule has 2 aromatic carbocycles. The zero-order chi connectivity index (χ0) is 18.7. The van der Waals surface area contributed by atoms with Crippen LogP contribution in [0.4, 0.5) is 10.5 Å². The molecule has 1 heterocycles. The van der Waals surface area contributed by atoms with Gasteiger partial charge in [0.15, 0.2) is 0 Å². The fourth-order valence-electron chi connectivity index (χ4n) is 2.92. The maximum absolute atomic E-state index is 12.7. The fraction of sp³-hybridized carbons (Fsp3) is 0.263. The quantitative estimate of drug-likeness (QED) is 0.875. The van der Waals surface area contributed by atoms with Gasteiger partial charge in [0.05, 0.1) is 7.11 Å². The van der Waals surface area contributed by atoms with Gasteiger partial charge in [-0.05, 0) is 42.5 Å². The van der Waals surface area contributed by atoms with Crippen LogP contribution in [-0.4, -0.2) is 44.1 Å². The second-order valence-corrected chi connectivity index (χ2v) is 6.48. The van der Waals surface area contributed by atoms with Crippen LogP contribution in [0.1, 0.15) is 15.9 Å².